The topological polar surface area (TPSA) is 112 Å². The van der Waals surface area contributed by atoms with Crippen molar-refractivity contribution in [1.82, 2.24) is 25.1 Å². The van der Waals surface area contributed by atoms with Crippen molar-refractivity contribution in [3.8, 4) is 28.8 Å². The van der Waals surface area contributed by atoms with E-state index in [4.69, 9.17) is 14.7 Å². The first-order valence-corrected chi connectivity index (χ1v) is 10.2. The lowest BCUT2D eigenvalue weighted by Crippen LogP contribution is -2.34. The lowest BCUT2D eigenvalue weighted by atomic mass is 9.99. The molecule has 1 atom stereocenters. The van der Waals surface area contributed by atoms with Gasteiger partial charge in [0.1, 0.15) is 23.4 Å². The Morgan fingerprint density at radius 1 is 1.26 bits per heavy atom. The molecule has 2 N–H and O–H groups in total. The zero-order valence-corrected chi connectivity index (χ0v) is 17.6. The summed E-state index contributed by atoms with van der Waals surface area (Å²) in [4.78, 5) is 10.5. The van der Waals surface area contributed by atoms with Crippen LogP contribution in [0, 0.1) is 17.2 Å². The molecule has 0 amide bonds. The number of aromatic amines is 1. The SMILES string of the molecule is COc1cccc(OCC2CCCN(C)C2)c1-c1cc(Nc2cnc(C#N)cn2)n[nH]1. The summed E-state index contributed by atoms with van der Waals surface area (Å²) in [6.07, 6.45) is 5.27. The molecule has 160 valence electrons. The van der Waals surface area contributed by atoms with Crippen molar-refractivity contribution < 1.29 is 9.47 Å². The van der Waals surface area contributed by atoms with Crippen LogP contribution in [0.5, 0.6) is 11.5 Å². The summed E-state index contributed by atoms with van der Waals surface area (Å²) in [6, 6.07) is 9.58. The number of nitriles is 1. The Hall–Kier alpha value is -3.64. The van der Waals surface area contributed by atoms with Gasteiger partial charge in [0.25, 0.3) is 0 Å². The standard InChI is InChI=1S/C22H25N7O2/c1-29-8-4-5-15(13-29)14-31-19-7-3-6-18(30-2)22(19)17-9-20(28-27-17)26-21-12-24-16(10-23)11-25-21/h3,6-7,9,11-12,15H,4-5,8,13-14H2,1-2H3,(H2,25,26,27,28). The first-order valence-electron chi connectivity index (χ1n) is 10.2. The molecule has 1 unspecified atom stereocenters. The van der Waals surface area contributed by atoms with Gasteiger partial charge in [-0.05, 0) is 38.6 Å². The Balaban J connectivity index is 1.53. The Morgan fingerprint density at radius 2 is 2.13 bits per heavy atom. The molecular formula is C22H25N7O2. The number of hydrogen-bond acceptors (Lipinski definition) is 8. The maximum absolute atomic E-state index is 8.85. The maximum atomic E-state index is 8.85. The van der Waals surface area contributed by atoms with Crippen LogP contribution in [-0.2, 0) is 0 Å². The summed E-state index contributed by atoms with van der Waals surface area (Å²) in [5, 5.41) is 19.3. The van der Waals surface area contributed by atoms with E-state index in [0.717, 1.165) is 30.1 Å². The molecule has 4 rings (SSSR count). The molecule has 0 radical (unpaired) electrons. The highest BCUT2D eigenvalue weighted by Gasteiger charge is 2.20. The number of benzene rings is 1. The fraction of sp³-hybridized carbons (Fsp3) is 0.364. The Bertz CT molecular complexity index is 1060. The van der Waals surface area contributed by atoms with Crippen molar-refractivity contribution in [3.63, 3.8) is 0 Å². The number of ether oxygens (including phenoxy) is 2. The van der Waals surface area contributed by atoms with Crippen molar-refractivity contribution in [1.29, 1.82) is 5.26 Å². The quantitative estimate of drug-likeness (QED) is 0.600. The molecular weight excluding hydrogens is 394 g/mol. The summed E-state index contributed by atoms with van der Waals surface area (Å²) in [5.41, 5.74) is 1.84. The second-order valence-corrected chi connectivity index (χ2v) is 7.61. The van der Waals surface area contributed by atoms with Crippen LogP contribution in [0.1, 0.15) is 18.5 Å². The van der Waals surface area contributed by atoms with Gasteiger partial charge in [0.15, 0.2) is 11.5 Å². The lowest BCUT2D eigenvalue weighted by molar-refractivity contribution is 0.150. The summed E-state index contributed by atoms with van der Waals surface area (Å²) < 4.78 is 11.8. The molecule has 31 heavy (non-hydrogen) atoms. The van der Waals surface area contributed by atoms with E-state index >= 15 is 0 Å². The molecule has 3 heterocycles. The summed E-state index contributed by atoms with van der Waals surface area (Å²) in [6.45, 7) is 2.85. The molecule has 1 fully saturated rings. The minimum Gasteiger partial charge on any atom is -0.496 e. The molecule has 0 bridgehead atoms. The van der Waals surface area contributed by atoms with E-state index in [1.807, 2.05) is 30.3 Å². The Labute approximate surface area is 181 Å². The molecule has 1 saturated heterocycles. The van der Waals surface area contributed by atoms with Gasteiger partial charge < -0.3 is 19.7 Å². The predicted octanol–water partition coefficient (Wildman–Crippen LogP) is 3.21. The van der Waals surface area contributed by atoms with Crippen molar-refractivity contribution in [3.05, 3.63) is 42.4 Å². The van der Waals surface area contributed by atoms with E-state index in [2.05, 4.69) is 37.4 Å². The molecule has 0 spiro atoms. The number of anilines is 2. The third-order valence-electron chi connectivity index (χ3n) is 5.27. The maximum Gasteiger partial charge on any atom is 0.158 e. The van der Waals surface area contributed by atoms with Gasteiger partial charge in [0.2, 0.25) is 0 Å². The van der Waals surface area contributed by atoms with E-state index in [1.165, 1.54) is 25.2 Å². The highest BCUT2D eigenvalue weighted by Crippen LogP contribution is 2.38. The number of likely N-dealkylation sites (tertiary alicyclic amines) is 1. The third kappa shape index (κ3) is 4.92. The molecule has 1 aliphatic heterocycles. The van der Waals surface area contributed by atoms with Crippen LogP contribution in [0.2, 0.25) is 0 Å². The van der Waals surface area contributed by atoms with Gasteiger partial charge in [-0.15, -0.1) is 0 Å². The van der Waals surface area contributed by atoms with Crippen LogP contribution < -0.4 is 14.8 Å². The molecule has 0 saturated carbocycles. The van der Waals surface area contributed by atoms with Gasteiger partial charge in [-0.25, -0.2) is 9.97 Å². The van der Waals surface area contributed by atoms with Gasteiger partial charge >= 0.3 is 0 Å². The molecule has 1 aliphatic rings. The van der Waals surface area contributed by atoms with Crippen LogP contribution >= 0.6 is 0 Å². The Morgan fingerprint density at radius 3 is 2.87 bits per heavy atom. The van der Waals surface area contributed by atoms with E-state index in [-0.39, 0.29) is 5.69 Å². The number of methoxy groups -OCH3 is 1. The van der Waals surface area contributed by atoms with Gasteiger partial charge in [0.05, 0.1) is 37.4 Å². The van der Waals surface area contributed by atoms with Crippen LogP contribution in [0.25, 0.3) is 11.3 Å². The largest absolute Gasteiger partial charge is 0.496 e. The Kier molecular flexibility index (Phi) is 6.29. The van der Waals surface area contributed by atoms with Crippen LogP contribution in [-0.4, -0.2) is 58.9 Å². The van der Waals surface area contributed by atoms with Crippen molar-refractivity contribution in [2.75, 3.05) is 39.2 Å². The van der Waals surface area contributed by atoms with E-state index < -0.39 is 0 Å². The number of nitrogens with one attached hydrogen (secondary N) is 2. The number of hydrogen-bond donors (Lipinski definition) is 2. The minimum atomic E-state index is 0.258. The molecule has 2 aromatic heterocycles. The molecule has 9 nitrogen and oxygen atoms in total. The normalized spacial score (nSPS) is 16.5. The summed E-state index contributed by atoms with van der Waals surface area (Å²) >= 11 is 0. The smallest absolute Gasteiger partial charge is 0.158 e. The zero-order valence-electron chi connectivity index (χ0n) is 17.6. The summed E-state index contributed by atoms with van der Waals surface area (Å²) in [5.74, 6) is 3.02. The van der Waals surface area contributed by atoms with E-state index in [0.29, 0.717) is 29.9 Å². The second-order valence-electron chi connectivity index (χ2n) is 7.61. The highest BCUT2D eigenvalue weighted by atomic mass is 16.5. The zero-order chi connectivity index (χ0) is 21.6. The van der Waals surface area contributed by atoms with Crippen molar-refractivity contribution in [2.24, 2.45) is 5.92 Å². The average Bonchev–Trinajstić information content (AvgIpc) is 3.26. The van der Waals surface area contributed by atoms with Gasteiger partial charge in [-0.2, -0.15) is 10.4 Å². The second kappa shape index (κ2) is 9.45. The first-order chi connectivity index (χ1) is 15.2. The third-order valence-corrected chi connectivity index (χ3v) is 5.27. The first kappa shape index (κ1) is 20.6. The van der Waals surface area contributed by atoms with Crippen LogP contribution in [0.3, 0.4) is 0 Å². The van der Waals surface area contributed by atoms with Gasteiger partial charge in [-0.3, -0.25) is 5.10 Å². The number of nitrogens with zero attached hydrogens (tertiary/aromatic N) is 5. The molecule has 0 aliphatic carbocycles. The number of H-pyrrole nitrogens is 1. The van der Waals surface area contributed by atoms with Crippen LogP contribution in [0.15, 0.2) is 36.7 Å². The van der Waals surface area contributed by atoms with Gasteiger partial charge in [0, 0.05) is 18.5 Å². The molecule has 1 aromatic carbocycles. The molecule has 3 aromatic rings. The lowest BCUT2D eigenvalue weighted by Gasteiger charge is -2.29. The number of rotatable bonds is 7. The predicted molar refractivity (Wildman–Crippen MR) is 116 cm³/mol. The minimum absolute atomic E-state index is 0.258. The average molecular weight is 419 g/mol. The number of aromatic nitrogens is 4. The van der Waals surface area contributed by atoms with Crippen molar-refractivity contribution >= 4 is 11.6 Å². The van der Waals surface area contributed by atoms with E-state index in [1.54, 1.807) is 7.11 Å². The molecule has 9 heteroatoms. The summed E-state index contributed by atoms with van der Waals surface area (Å²) in [7, 11) is 3.79. The fourth-order valence-corrected chi connectivity index (χ4v) is 3.78. The fourth-order valence-electron chi connectivity index (χ4n) is 3.78. The van der Waals surface area contributed by atoms with Crippen LogP contribution in [0.4, 0.5) is 11.6 Å². The van der Waals surface area contributed by atoms with Gasteiger partial charge in [-0.1, -0.05) is 6.07 Å². The van der Waals surface area contributed by atoms with E-state index in [9.17, 15) is 0 Å². The highest BCUT2D eigenvalue weighted by molar-refractivity contribution is 5.76. The van der Waals surface area contributed by atoms with Crippen molar-refractivity contribution in [2.45, 2.75) is 12.8 Å². The monoisotopic (exact) mass is 419 g/mol. The number of piperidine rings is 1.